The summed E-state index contributed by atoms with van der Waals surface area (Å²) in [6.07, 6.45) is 0.404. The lowest BCUT2D eigenvalue weighted by molar-refractivity contribution is -0.127. The number of carbonyl (C=O) groups is 2. The first kappa shape index (κ1) is 18.2. The Hall–Kier alpha value is -3.65. The topological polar surface area (TPSA) is 96.0 Å². The number of rotatable bonds is 6. The molecule has 2 amide bonds. The minimum Gasteiger partial charge on any atom is -0.368 e. The van der Waals surface area contributed by atoms with Gasteiger partial charge in [0.05, 0.1) is 18.1 Å². The number of carbonyl (C=O) groups excluding carboxylic acids is 2. The van der Waals surface area contributed by atoms with Crippen molar-refractivity contribution in [3.63, 3.8) is 0 Å². The fraction of sp³-hybridized carbons (Fsp3) is 0.136. The van der Waals surface area contributed by atoms with E-state index in [0.29, 0.717) is 5.56 Å². The second-order valence-electron chi connectivity index (χ2n) is 6.40. The van der Waals surface area contributed by atoms with Crippen molar-refractivity contribution in [1.29, 1.82) is 5.26 Å². The van der Waals surface area contributed by atoms with E-state index in [4.69, 9.17) is 11.0 Å². The maximum absolute atomic E-state index is 12.4. The average molecular weight is 357 g/mol. The second-order valence-corrected chi connectivity index (χ2v) is 6.40. The van der Waals surface area contributed by atoms with Gasteiger partial charge in [-0.2, -0.15) is 5.26 Å². The third-order valence-corrected chi connectivity index (χ3v) is 4.35. The summed E-state index contributed by atoms with van der Waals surface area (Å²) in [6, 6.07) is 21.9. The van der Waals surface area contributed by atoms with E-state index in [-0.39, 0.29) is 18.7 Å². The number of benzene rings is 3. The van der Waals surface area contributed by atoms with E-state index in [0.717, 1.165) is 21.9 Å². The van der Waals surface area contributed by atoms with E-state index >= 15 is 0 Å². The highest BCUT2D eigenvalue weighted by Gasteiger charge is 2.19. The van der Waals surface area contributed by atoms with Gasteiger partial charge in [-0.25, -0.2) is 0 Å². The van der Waals surface area contributed by atoms with E-state index in [2.05, 4.69) is 11.4 Å². The molecule has 0 spiro atoms. The SMILES string of the molecule is N#Cc1cccc(C[C@H](NC(=O)Cc2ccc3ccccc3c2)C(N)=O)c1. The summed E-state index contributed by atoms with van der Waals surface area (Å²) in [5, 5.41) is 13.8. The lowest BCUT2D eigenvalue weighted by Crippen LogP contribution is -2.46. The quantitative estimate of drug-likeness (QED) is 0.709. The highest BCUT2D eigenvalue weighted by molar-refractivity contribution is 5.89. The lowest BCUT2D eigenvalue weighted by Gasteiger charge is -2.16. The summed E-state index contributed by atoms with van der Waals surface area (Å²) in [7, 11) is 0. The van der Waals surface area contributed by atoms with Crippen LogP contribution in [-0.2, 0) is 22.4 Å². The van der Waals surface area contributed by atoms with Crippen molar-refractivity contribution in [3.05, 3.63) is 83.4 Å². The standard InChI is InChI=1S/C22H19N3O2/c23-14-17-5-3-4-15(10-17)12-20(22(24)27)25-21(26)13-16-8-9-18-6-1-2-7-19(18)11-16/h1-11,20H,12-13H2,(H2,24,27)(H,25,26)/t20-/m0/s1. The molecule has 1 atom stereocenters. The van der Waals surface area contributed by atoms with Gasteiger partial charge in [0, 0.05) is 6.42 Å². The number of amides is 2. The van der Waals surface area contributed by atoms with Crippen LogP contribution in [0.5, 0.6) is 0 Å². The molecule has 3 N–H and O–H groups in total. The number of hydrogen-bond acceptors (Lipinski definition) is 3. The third kappa shape index (κ3) is 4.71. The molecule has 0 saturated carbocycles. The highest BCUT2D eigenvalue weighted by atomic mass is 16.2. The van der Waals surface area contributed by atoms with Crippen molar-refractivity contribution in [1.82, 2.24) is 5.32 Å². The van der Waals surface area contributed by atoms with E-state index in [1.54, 1.807) is 24.3 Å². The molecule has 3 aromatic rings. The van der Waals surface area contributed by atoms with Crippen LogP contribution in [0.25, 0.3) is 10.8 Å². The zero-order chi connectivity index (χ0) is 19.2. The van der Waals surface area contributed by atoms with Crippen molar-refractivity contribution >= 4 is 22.6 Å². The molecule has 0 aliphatic rings. The fourth-order valence-corrected chi connectivity index (χ4v) is 3.01. The Balaban J connectivity index is 1.69. The molecule has 5 heteroatoms. The molecule has 0 fully saturated rings. The Morgan fingerprint density at radius 1 is 0.963 bits per heavy atom. The van der Waals surface area contributed by atoms with Crippen molar-refractivity contribution in [2.24, 2.45) is 5.73 Å². The maximum Gasteiger partial charge on any atom is 0.240 e. The number of nitrogens with one attached hydrogen (secondary N) is 1. The van der Waals surface area contributed by atoms with Crippen LogP contribution in [0.2, 0.25) is 0 Å². The van der Waals surface area contributed by atoms with Gasteiger partial charge in [-0.05, 0) is 34.0 Å². The lowest BCUT2D eigenvalue weighted by atomic mass is 10.0. The van der Waals surface area contributed by atoms with Gasteiger partial charge in [-0.3, -0.25) is 9.59 Å². The maximum atomic E-state index is 12.4. The Labute approximate surface area is 157 Å². The molecule has 0 aromatic heterocycles. The number of hydrogen-bond donors (Lipinski definition) is 2. The van der Waals surface area contributed by atoms with Crippen LogP contribution >= 0.6 is 0 Å². The number of nitrogens with zero attached hydrogens (tertiary/aromatic N) is 1. The zero-order valence-corrected chi connectivity index (χ0v) is 14.7. The molecule has 0 bridgehead atoms. The molecule has 0 aliphatic carbocycles. The predicted octanol–water partition coefficient (Wildman–Crippen LogP) is 2.47. The van der Waals surface area contributed by atoms with E-state index < -0.39 is 11.9 Å². The van der Waals surface area contributed by atoms with E-state index in [1.807, 2.05) is 42.5 Å². The molecule has 134 valence electrons. The number of primary amides is 1. The molecule has 27 heavy (non-hydrogen) atoms. The minimum absolute atomic E-state index is 0.160. The average Bonchev–Trinajstić information content (AvgIpc) is 2.67. The molecule has 3 aromatic carbocycles. The molecule has 0 saturated heterocycles. The van der Waals surface area contributed by atoms with Crippen LogP contribution in [0, 0.1) is 11.3 Å². The third-order valence-electron chi connectivity index (χ3n) is 4.35. The summed E-state index contributed by atoms with van der Waals surface area (Å²) in [4.78, 5) is 24.2. The van der Waals surface area contributed by atoms with Crippen molar-refractivity contribution in [2.75, 3.05) is 0 Å². The summed E-state index contributed by atoms with van der Waals surface area (Å²) in [5.41, 5.74) is 7.58. The van der Waals surface area contributed by atoms with E-state index in [9.17, 15) is 9.59 Å². The first-order chi connectivity index (χ1) is 13.0. The predicted molar refractivity (Wildman–Crippen MR) is 104 cm³/mol. The van der Waals surface area contributed by atoms with Gasteiger partial charge >= 0.3 is 0 Å². The van der Waals surface area contributed by atoms with Gasteiger partial charge in [0.1, 0.15) is 6.04 Å². The van der Waals surface area contributed by atoms with Gasteiger partial charge in [0.15, 0.2) is 0 Å². The summed E-state index contributed by atoms with van der Waals surface area (Å²) < 4.78 is 0. The largest absolute Gasteiger partial charge is 0.368 e. The first-order valence-electron chi connectivity index (χ1n) is 8.60. The van der Waals surface area contributed by atoms with Crippen LogP contribution in [0.15, 0.2) is 66.7 Å². The molecule has 0 radical (unpaired) electrons. The van der Waals surface area contributed by atoms with Crippen LogP contribution in [0.3, 0.4) is 0 Å². The number of nitrogens with two attached hydrogens (primary N) is 1. The fourth-order valence-electron chi connectivity index (χ4n) is 3.01. The van der Waals surface area contributed by atoms with Crippen LogP contribution in [-0.4, -0.2) is 17.9 Å². The first-order valence-corrected chi connectivity index (χ1v) is 8.60. The summed E-state index contributed by atoms with van der Waals surface area (Å²) in [5.74, 6) is -0.880. The van der Waals surface area contributed by atoms with Gasteiger partial charge < -0.3 is 11.1 Å². The molecule has 0 aliphatic heterocycles. The molecule has 5 nitrogen and oxygen atoms in total. The molecule has 0 heterocycles. The Bertz CT molecular complexity index is 1040. The molecular formula is C22H19N3O2. The van der Waals surface area contributed by atoms with Crippen LogP contribution in [0.4, 0.5) is 0 Å². The van der Waals surface area contributed by atoms with E-state index in [1.165, 1.54) is 0 Å². The van der Waals surface area contributed by atoms with Gasteiger partial charge in [-0.1, -0.05) is 54.6 Å². The van der Waals surface area contributed by atoms with Gasteiger partial charge in [-0.15, -0.1) is 0 Å². The Kier molecular flexibility index (Phi) is 5.48. The van der Waals surface area contributed by atoms with Crippen molar-refractivity contribution < 1.29 is 9.59 Å². The number of fused-ring (bicyclic) bond motifs is 1. The number of nitriles is 1. The van der Waals surface area contributed by atoms with Crippen molar-refractivity contribution in [3.8, 4) is 6.07 Å². The van der Waals surface area contributed by atoms with Gasteiger partial charge in [0.25, 0.3) is 0 Å². The Morgan fingerprint density at radius 2 is 1.74 bits per heavy atom. The second kappa shape index (κ2) is 8.15. The van der Waals surface area contributed by atoms with Crippen LogP contribution < -0.4 is 11.1 Å². The molecule has 3 rings (SSSR count). The Morgan fingerprint density at radius 3 is 2.48 bits per heavy atom. The normalized spacial score (nSPS) is 11.5. The van der Waals surface area contributed by atoms with Crippen LogP contribution in [0.1, 0.15) is 16.7 Å². The highest BCUT2D eigenvalue weighted by Crippen LogP contribution is 2.16. The zero-order valence-electron chi connectivity index (χ0n) is 14.7. The summed E-state index contributed by atoms with van der Waals surface area (Å²) >= 11 is 0. The molecular weight excluding hydrogens is 338 g/mol. The smallest absolute Gasteiger partial charge is 0.240 e. The summed E-state index contributed by atoms with van der Waals surface area (Å²) in [6.45, 7) is 0. The molecule has 0 unspecified atom stereocenters. The van der Waals surface area contributed by atoms with Crippen molar-refractivity contribution in [2.45, 2.75) is 18.9 Å². The minimum atomic E-state index is -0.827. The van der Waals surface area contributed by atoms with Gasteiger partial charge in [0.2, 0.25) is 11.8 Å². The monoisotopic (exact) mass is 357 g/mol.